The average Bonchev–Trinajstić information content (AvgIpc) is 3.30. The van der Waals surface area contributed by atoms with Crippen LogP contribution in [-0.2, 0) is 11.3 Å². The number of nitrogens with zero attached hydrogens (tertiary/aromatic N) is 3. The SMILES string of the molecule is CCOc1ccnc2ccc(C=S3CC(=O)NC3=NCc3nccs3)cc12. The summed E-state index contributed by atoms with van der Waals surface area (Å²) in [6.07, 6.45) is 3.51. The van der Waals surface area contributed by atoms with Crippen molar-refractivity contribution in [2.24, 2.45) is 4.99 Å². The van der Waals surface area contributed by atoms with Gasteiger partial charge in [-0.05, 0) is 36.1 Å². The normalized spacial score (nSPS) is 18.3. The van der Waals surface area contributed by atoms with E-state index < -0.39 is 0 Å². The first-order valence-corrected chi connectivity index (χ1v) is 10.9. The Morgan fingerprint density at radius 1 is 1.33 bits per heavy atom. The van der Waals surface area contributed by atoms with Gasteiger partial charge in [-0.1, -0.05) is 6.07 Å². The van der Waals surface area contributed by atoms with Crippen molar-refractivity contribution in [3.63, 3.8) is 0 Å². The quantitative estimate of drug-likeness (QED) is 0.670. The van der Waals surface area contributed by atoms with Crippen LogP contribution in [0.25, 0.3) is 10.9 Å². The fraction of sp³-hybridized carbons (Fsp3) is 0.211. The molecular weight excluding hydrogens is 380 g/mol. The largest absolute Gasteiger partial charge is 0.493 e. The van der Waals surface area contributed by atoms with E-state index in [0.29, 0.717) is 18.9 Å². The number of hydrogen-bond acceptors (Lipinski definition) is 6. The minimum absolute atomic E-state index is 0.00457. The van der Waals surface area contributed by atoms with Crippen LogP contribution in [0.3, 0.4) is 0 Å². The van der Waals surface area contributed by atoms with Crippen LogP contribution < -0.4 is 10.1 Å². The van der Waals surface area contributed by atoms with Gasteiger partial charge in [-0.25, -0.2) is 4.98 Å². The number of hydrogen-bond donors (Lipinski definition) is 1. The van der Waals surface area contributed by atoms with Gasteiger partial charge in [-0.15, -0.1) is 21.8 Å². The Morgan fingerprint density at radius 3 is 3.07 bits per heavy atom. The standard InChI is InChI=1S/C19H18N4O2S2/c1-2-25-16-5-6-20-15-4-3-13(9-14(15)16)11-27-12-17(24)23-19(27)22-10-18-21-7-8-26-18/h3-9,11H,2,10,12H2,1H3,(H,22,23,24). The number of aliphatic imine (C=N–C) groups is 1. The summed E-state index contributed by atoms with van der Waals surface area (Å²) in [7, 11) is -0.381. The lowest BCUT2D eigenvalue weighted by atomic mass is 10.1. The molecule has 138 valence electrons. The van der Waals surface area contributed by atoms with Crippen molar-refractivity contribution in [3.8, 4) is 5.75 Å². The fourth-order valence-corrected chi connectivity index (χ4v) is 4.95. The third-order valence-electron chi connectivity index (χ3n) is 3.93. The number of aromatic nitrogens is 2. The first-order chi connectivity index (χ1) is 13.2. The van der Waals surface area contributed by atoms with Crippen molar-refractivity contribution < 1.29 is 9.53 Å². The molecule has 3 heterocycles. The van der Waals surface area contributed by atoms with Gasteiger partial charge in [0.25, 0.3) is 0 Å². The van der Waals surface area contributed by atoms with Gasteiger partial charge in [0.05, 0.1) is 24.4 Å². The number of amides is 1. The lowest BCUT2D eigenvalue weighted by molar-refractivity contribution is -0.116. The molecule has 2 aromatic heterocycles. The van der Waals surface area contributed by atoms with Crippen LogP contribution in [-0.4, -0.2) is 38.8 Å². The number of benzene rings is 1. The zero-order valence-electron chi connectivity index (χ0n) is 14.7. The van der Waals surface area contributed by atoms with Crippen molar-refractivity contribution in [1.82, 2.24) is 15.3 Å². The van der Waals surface area contributed by atoms with Crippen LogP contribution in [0, 0.1) is 0 Å². The van der Waals surface area contributed by atoms with Gasteiger partial charge in [0.2, 0.25) is 5.91 Å². The van der Waals surface area contributed by atoms with Crippen molar-refractivity contribution in [3.05, 3.63) is 52.6 Å². The van der Waals surface area contributed by atoms with Crippen molar-refractivity contribution >= 4 is 49.2 Å². The Kier molecular flexibility index (Phi) is 5.26. The highest BCUT2D eigenvalue weighted by molar-refractivity contribution is 8.29. The molecule has 3 aromatic rings. The highest BCUT2D eigenvalue weighted by atomic mass is 32.2. The zero-order chi connectivity index (χ0) is 18.6. The number of amidine groups is 1. The summed E-state index contributed by atoms with van der Waals surface area (Å²) in [5, 5.41) is 9.54. The van der Waals surface area contributed by atoms with Gasteiger partial charge in [0.1, 0.15) is 10.8 Å². The molecule has 1 unspecified atom stereocenters. The molecule has 1 aliphatic rings. The average molecular weight is 399 g/mol. The van der Waals surface area contributed by atoms with Gasteiger partial charge in [-0.3, -0.25) is 14.8 Å². The lowest BCUT2D eigenvalue weighted by Crippen LogP contribution is -2.20. The second kappa shape index (κ2) is 7.98. The number of nitrogens with one attached hydrogen (secondary N) is 1. The highest BCUT2D eigenvalue weighted by Crippen LogP contribution is 2.27. The zero-order valence-corrected chi connectivity index (χ0v) is 16.3. The smallest absolute Gasteiger partial charge is 0.235 e. The Labute approximate surface area is 163 Å². The Morgan fingerprint density at radius 2 is 2.26 bits per heavy atom. The summed E-state index contributed by atoms with van der Waals surface area (Å²) in [6.45, 7) is 3.05. The van der Waals surface area contributed by atoms with Crippen LogP contribution in [0.2, 0.25) is 0 Å². The molecule has 1 aliphatic heterocycles. The van der Waals surface area contributed by atoms with Crippen LogP contribution >= 0.6 is 21.8 Å². The molecule has 4 rings (SSSR count). The molecule has 0 bridgehead atoms. The third-order valence-corrected chi connectivity index (χ3v) is 6.55. The van der Waals surface area contributed by atoms with Gasteiger partial charge in [0.15, 0.2) is 5.17 Å². The molecule has 0 radical (unpaired) electrons. The minimum atomic E-state index is -0.381. The number of carbonyl (C=O) groups excluding carboxylic acids is 1. The maximum atomic E-state index is 11.9. The topological polar surface area (TPSA) is 76.5 Å². The van der Waals surface area contributed by atoms with Crippen molar-refractivity contribution in [2.75, 3.05) is 12.4 Å². The first-order valence-electron chi connectivity index (χ1n) is 8.51. The van der Waals surface area contributed by atoms with Gasteiger partial charge in [0, 0.05) is 23.2 Å². The molecule has 1 aromatic carbocycles. The molecule has 1 atom stereocenters. The monoisotopic (exact) mass is 398 g/mol. The van der Waals surface area contributed by atoms with Crippen LogP contribution in [0.4, 0.5) is 0 Å². The van der Waals surface area contributed by atoms with Gasteiger partial charge >= 0.3 is 0 Å². The predicted octanol–water partition coefficient (Wildman–Crippen LogP) is 3.20. The molecule has 6 nitrogen and oxygen atoms in total. The number of fused-ring (bicyclic) bond motifs is 1. The maximum absolute atomic E-state index is 11.9. The highest BCUT2D eigenvalue weighted by Gasteiger charge is 2.21. The Bertz CT molecular complexity index is 1050. The number of pyridine rings is 1. The number of thiazole rings is 1. The van der Waals surface area contributed by atoms with E-state index >= 15 is 0 Å². The van der Waals surface area contributed by atoms with E-state index in [1.165, 1.54) is 0 Å². The van der Waals surface area contributed by atoms with Crippen molar-refractivity contribution in [1.29, 1.82) is 0 Å². The lowest BCUT2D eigenvalue weighted by Gasteiger charge is -2.08. The molecular formula is C19H18N4O2S2. The van der Waals surface area contributed by atoms with Crippen LogP contribution in [0.15, 0.2) is 47.0 Å². The van der Waals surface area contributed by atoms with E-state index in [4.69, 9.17) is 4.74 Å². The minimum Gasteiger partial charge on any atom is -0.493 e. The summed E-state index contributed by atoms with van der Waals surface area (Å²) in [5.41, 5.74) is 1.91. The van der Waals surface area contributed by atoms with E-state index in [9.17, 15) is 4.79 Å². The Balaban J connectivity index is 1.67. The summed E-state index contributed by atoms with van der Waals surface area (Å²) in [6, 6.07) is 7.92. The number of rotatable bonds is 5. The number of carbonyl (C=O) groups is 1. The van der Waals surface area contributed by atoms with E-state index in [2.05, 4.69) is 31.7 Å². The molecule has 0 spiro atoms. The molecule has 1 N–H and O–H groups in total. The Hall–Kier alpha value is -2.58. The van der Waals surface area contributed by atoms with E-state index in [1.54, 1.807) is 23.7 Å². The second-order valence-electron chi connectivity index (χ2n) is 5.81. The van der Waals surface area contributed by atoms with Gasteiger partial charge in [-0.2, -0.15) is 0 Å². The van der Waals surface area contributed by atoms with Crippen LogP contribution in [0.1, 0.15) is 17.5 Å². The first kappa shape index (κ1) is 17.8. The number of ether oxygens (including phenoxy) is 1. The fourth-order valence-electron chi connectivity index (χ4n) is 2.78. The van der Waals surface area contributed by atoms with E-state index in [-0.39, 0.29) is 16.4 Å². The van der Waals surface area contributed by atoms with Gasteiger partial charge < -0.3 is 10.1 Å². The maximum Gasteiger partial charge on any atom is 0.235 e. The van der Waals surface area contributed by atoms with Crippen molar-refractivity contribution in [2.45, 2.75) is 13.5 Å². The summed E-state index contributed by atoms with van der Waals surface area (Å²) in [5.74, 6) is 1.25. The summed E-state index contributed by atoms with van der Waals surface area (Å²) in [4.78, 5) is 25.1. The molecule has 1 fully saturated rings. The molecule has 0 saturated carbocycles. The predicted molar refractivity (Wildman–Crippen MR) is 112 cm³/mol. The van der Waals surface area contributed by atoms with Crippen LogP contribution in [0.5, 0.6) is 5.75 Å². The molecule has 27 heavy (non-hydrogen) atoms. The molecule has 1 saturated heterocycles. The summed E-state index contributed by atoms with van der Waals surface area (Å²) >= 11 is 1.56. The van der Waals surface area contributed by atoms with E-state index in [1.807, 2.05) is 30.5 Å². The molecule has 1 amide bonds. The molecule has 0 aliphatic carbocycles. The second-order valence-corrected chi connectivity index (χ2v) is 8.55. The third kappa shape index (κ3) is 4.06. The molecule has 8 heteroatoms. The van der Waals surface area contributed by atoms with E-state index in [0.717, 1.165) is 32.4 Å². The summed E-state index contributed by atoms with van der Waals surface area (Å²) < 4.78 is 5.71.